The Bertz CT molecular complexity index is 665. The Morgan fingerprint density at radius 1 is 1.07 bits per heavy atom. The molecule has 0 aromatic heterocycles. The van der Waals surface area contributed by atoms with E-state index in [4.69, 9.17) is 4.74 Å². The van der Waals surface area contributed by atoms with E-state index in [9.17, 15) is 9.59 Å². The molecule has 1 saturated heterocycles. The number of morpholine rings is 1. The number of hydrogen-bond acceptors (Lipinski definition) is 5. The third-order valence-corrected chi connectivity index (χ3v) is 5.88. The standard InChI is InChI=1S/C22H34N4O3/c1-25(2)19-10-8-17(9-11-19)20(26-12-14-29-15-13-26)16-23-21(27)22(28)24-18-6-4-3-5-7-18/h8-11,18,20H,3-7,12-16H2,1-2H3,(H,23,27)(H,24,28)/t20-/m0/s1. The van der Waals surface area contributed by atoms with Crippen LogP contribution in [0, 0.1) is 0 Å². The Balaban J connectivity index is 1.61. The van der Waals surface area contributed by atoms with Gasteiger partial charge in [0.25, 0.3) is 0 Å². The van der Waals surface area contributed by atoms with Crippen molar-refractivity contribution in [3.05, 3.63) is 29.8 Å². The van der Waals surface area contributed by atoms with E-state index in [1.807, 2.05) is 14.1 Å². The van der Waals surface area contributed by atoms with E-state index in [1.54, 1.807) is 0 Å². The Morgan fingerprint density at radius 3 is 2.34 bits per heavy atom. The molecule has 1 atom stereocenters. The maximum absolute atomic E-state index is 12.4. The zero-order valence-electron chi connectivity index (χ0n) is 17.7. The van der Waals surface area contributed by atoms with E-state index >= 15 is 0 Å². The Labute approximate surface area is 173 Å². The first-order valence-electron chi connectivity index (χ1n) is 10.7. The van der Waals surface area contributed by atoms with Gasteiger partial charge in [-0.05, 0) is 30.5 Å². The summed E-state index contributed by atoms with van der Waals surface area (Å²) in [6.07, 6.45) is 5.39. The van der Waals surface area contributed by atoms with E-state index in [2.05, 4.69) is 44.7 Å². The number of carbonyl (C=O) groups excluding carboxylic acids is 2. The average molecular weight is 403 g/mol. The van der Waals surface area contributed by atoms with Crippen LogP contribution in [0.25, 0.3) is 0 Å². The lowest BCUT2D eigenvalue weighted by Crippen LogP contribution is -2.48. The Kier molecular flexibility index (Phi) is 7.89. The summed E-state index contributed by atoms with van der Waals surface area (Å²) >= 11 is 0. The molecule has 160 valence electrons. The minimum absolute atomic E-state index is 0.0153. The van der Waals surface area contributed by atoms with Gasteiger partial charge in [-0.1, -0.05) is 31.4 Å². The lowest BCUT2D eigenvalue weighted by atomic mass is 9.95. The number of nitrogens with one attached hydrogen (secondary N) is 2. The third kappa shape index (κ3) is 6.18. The summed E-state index contributed by atoms with van der Waals surface area (Å²) in [4.78, 5) is 29.1. The third-order valence-electron chi connectivity index (χ3n) is 5.88. The number of rotatable bonds is 6. The van der Waals surface area contributed by atoms with Crippen LogP contribution in [0.5, 0.6) is 0 Å². The smallest absolute Gasteiger partial charge is 0.309 e. The molecule has 0 spiro atoms. The Hall–Kier alpha value is -2.12. The van der Waals surface area contributed by atoms with Crippen LogP contribution in [-0.4, -0.2) is 69.7 Å². The van der Waals surface area contributed by atoms with Crippen LogP contribution in [0.3, 0.4) is 0 Å². The number of amides is 2. The van der Waals surface area contributed by atoms with Gasteiger partial charge < -0.3 is 20.3 Å². The monoisotopic (exact) mass is 402 g/mol. The van der Waals surface area contributed by atoms with Crippen LogP contribution in [-0.2, 0) is 14.3 Å². The highest BCUT2D eigenvalue weighted by atomic mass is 16.5. The van der Waals surface area contributed by atoms with Crippen LogP contribution in [0.2, 0.25) is 0 Å². The van der Waals surface area contributed by atoms with E-state index < -0.39 is 11.8 Å². The van der Waals surface area contributed by atoms with Crippen molar-refractivity contribution >= 4 is 17.5 Å². The quantitative estimate of drug-likeness (QED) is 0.709. The molecule has 3 rings (SSSR count). The highest BCUT2D eigenvalue weighted by Gasteiger charge is 2.25. The van der Waals surface area contributed by atoms with Crippen LogP contribution < -0.4 is 15.5 Å². The molecule has 7 nitrogen and oxygen atoms in total. The van der Waals surface area contributed by atoms with Crippen molar-refractivity contribution in [1.29, 1.82) is 0 Å². The van der Waals surface area contributed by atoms with Crippen molar-refractivity contribution in [3.8, 4) is 0 Å². The second kappa shape index (κ2) is 10.6. The summed E-state index contributed by atoms with van der Waals surface area (Å²) < 4.78 is 5.48. The normalized spacial score (nSPS) is 19.4. The number of hydrogen-bond donors (Lipinski definition) is 2. The van der Waals surface area contributed by atoms with Gasteiger partial charge in [0, 0.05) is 45.5 Å². The lowest BCUT2D eigenvalue weighted by molar-refractivity contribution is -0.140. The highest BCUT2D eigenvalue weighted by molar-refractivity contribution is 6.35. The molecule has 29 heavy (non-hydrogen) atoms. The first kappa shape index (κ1) is 21.6. The molecule has 2 N–H and O–H groups in total. The lowest BCUT2D eigenvalue weighted by Gasteiger charge is -2.35. The van der Waals surface area contributed by atoms with Crippen molar-refractivity contribution < 1.29 is 14.3 Å². The van der Waals surface area contributed by atoms with E-state index in [0.717, 1.165) is 50.0 Å². The number of nitrogens with zero attached hydrogens (tertiary/aromatic N) is 2. The van der Waals surface area contributed by atoms with Crippen molar-refractivity contribution in [3.63, 3.8) is 0 Å². The fraction of sp³-hybridized carbons (Fsp3) is 0.636. The fourth-order valence-corrected chi connectivity index (χ4v) is 4.11. The molecular weight excluding hydrogens is 368 g/mol. The van der Waals surface area contributed by atoms with Gasteiger partial charge in [0.15, 0.2) is 0 Å². The molecule has 1 heterocycles. The molecule has 0 radical (unpaired) electrons. The first-order valence-corrected chi connectivity index (χ1v) is 10.7. The molecular formula is C22H34N4O3. The summed E-state index contributed by atoms with van der Waals surface area (Å²) in [5.74, 6) is -1.06. The summed E-state index contributed by atoms with van der Waals surface area (Å²) in [5, 5.41) is 5.75. The minimum Gasteiger partial charge on any atom is -0.379 e. The van der Waals surface area contributed by atoms with E-state index in [1.165, 1.54) is 6.42 Å². The van der Waals surface area contributed by atoms with Gasteiger partial charge in [0.05, 0.1) is 19.3 Å². The first-order chi connectivity index (χ1) is 14.0. The summed E-state index contributed by atoms with van der Waals surface area (Å²) in [5.41, 5.74) is 2.26. The molecule has 2 amide bonds. The molecule has 7 heteroatoms. The zero-order chi connectivity index (χ0) is 20.6. The molecule has 2 fully saturated rings. The molecule has 1 aliphatic heterocycles. The average Bonchev–Trinajstić information content (AvgIpc) is 2.75. The Morgan fingerprint density at radius 2 is 1.72 bits per heavy atom. The predicted octanol–water partition coefficient (Wildman–Crippen LogP) is 1.69. The zero-order valence-corrected chi connectivity index (χ0v) is 17.7. The second-order valence-corrected chi connectivity index (χ2v) is 8.17. The van der Waals surface area contributed by atoms with Crippen molar-refractivity contribution in [1.82, 2.24) is 15.5 Å². The van der Waals surface area contributed by atoms with Gasteiger partial charge >= 0.3 is 11.8 Å². The number of carbonyl (C=O) groups is 2. The molecule has 0 bridgehead atoms. The van der Waals surface area contributed by atoms with Gasteiger partial charge in [-0.15, -0.1) is 0 Å². The van der Waals surface area contributed by atoms with E-state index in [-0.39, 0.29) is 12.1 Å². The molecule has 1 saturated carbocycles. The van der Waals surface area contributed by atoms with Gasteiger partial charge in [-0.25, -0.2) is 0 Å². The van der Waals surface area contributed by atoms with Crippen LogP contribution in [0.1, 0.15) is 43.7 Å². The summed E-state index contributed by atoms with van der Waals surface area (Å²) in [6.45, 7) is 3.39. The van der Waals surface area contributed by atoms with Crippen molar-refractivity contribution in [2.24, 2.45) is 0 Å². The molecule has 1 aliphatic carbocycles. The highest BCUT2D eigenvalue weighted by Crippen LogP contribution is 2.24. The summed E-state index contributed by atoms with van der Waals surface area (Å²) in [6, 6.07) is 8.52. The number of anilines is 1. The number of ether oxygens (including phenoxy) is 1. The van der Waals surface area contributed by atoms with Crippen molar-refractivity contribution in [2.45, 2.75) is 44.2 Å². The maximum atomic E-state index is 12.4. The molecule has 1 aromatic carbocycles. The molecule has 1 aromatic rings. The summed E-state index contributed by atoms with van der Waals surface area (Å²) in [7, 11) is 4.03. The van der Waals surface area contributed by atoms with Crippen LogP contribution in [0.4, 0.5) is 5.69 Å². The van der Waals surface area contributed by atoms with Gasteiger partial charge in [-0.3, -0.25) is 14.5 Å². The van der Waals surface area contributed by atoms with Crippen molar-refractivity contribution in [2.75, 3.05) is 51.8 Å². The maximum Gasteiger partial charge on any atom is 0.309 e. The predicted molar refractivity (Wildman–Crippen MR) is 114 cm³/mol. The largest absolute Gasteiger partial charge is 0.379 e. The number of benzene rings is 1. The van der Waals surface area contributed by atoms with Gasteiger partial charge in [0.1, 0.15) is 0 Å². The fourth-order valence-electron chi connectivity index (χ4n) is 4.11. The topological polar surface area (TPSA) is 73.9 Å². The van der Waals surface area contributed by atoms with Gasteiger partial charge in [0.2, 0.25) is 0 Å². The van der Waals surface area contributed by atoms with Gasteiger partial charge in [-0.2, -0.15) is 0 Å². The SMILES string of the molecule is CN(C)c1ccc([C@H](CNC(=O)C(=O)NC2CCCCC2)N2CCOCC2)cc1. The second-order valence-electron chi connectivity index (χ2n) is 8.17. The molecule has 2 aliphatic rings. The minimum atomic E-state index is -0.543. The van der Waals surface area contributed by atoms with Crippen LogP contribution >= 0.6 is 0 Å². The van der Waals surface area contributed by atoms with Crippen LogP contribution in [0.15, 0.2) is 24.3 Å². The van der Waals surface area contributed by atoms with E-state index in [0.29, 0.717) is 19.8 Å². The molecule has 0 unspecified atom stereocenters.